The van der Waals surface area contributed by atoms with Gasteiger partial charge in [0.15, 0.2) is 0 Å². The lowest BCUT2D eigenvalue weighted by molar-refractivity contribution is -0.120. The first kappa shape index (κ1) is 24.4. The van der Waals surface area contributed by atoms with Gasteiger partial charge in [-0.2, -0.15) is 0 Å². The van der Waals surface area contributed by atoms with E-state index in [1.54, 1.807) is 12.0 Å². The predicted molar refractivity (Wildman–Crippen MR) is 145 cm³/mol. The molecule has 1 atom stereocenters. The van der Waals surface area contributed by atoms with Crippen molar-refractivity contribution in [1.29, 1.82) is 0 Å². The number of carbonyl (C=O) groups is 2. The lowest BCUT2D eigenvalue weighted by Crippen LogP contribution is -2.48. The lowest BCUT2D eigenvalue weighted by atomic mass is 9.97. The Kier molecular flexibility index (Phi) is 6.57. The van der Waals surface area contributed by atoms with Crippen LogP contribution >= 0.6 is 0 Å². The zero-order valence-corrected chi connectivity index (χ0v) is 21.6. The third kappa shape index (κ3) is 4.51. The largest absolute Gasteiger partial charge is 0.497 e. The summed E-state index contributed by atoms with van der Waals surface area (Å²) >= 11 is 0. The number of amides is 2. The molecule has 1 aliphatic heterocycles. The molecule has 1 unspecified atom stereocenters. The molecule has 0 saturated heterocycles. The van der Waals surface area contributed by atoms with Crippen LogP contribution in [0, 0.1) is 6.92 Å². The quantitative estimate of drug-likeness (QED) is 0.342. The molecule has 6 heteroatoms. The number of nitrogens with zero attached hydrogens (tertiary/aromatic N) is 3. The summed E-state index contributed by atoms with van der Waals surface area (Å²) in [5, 5.41) is 0. The van der Waals surface area contributed by atoms with E-state index in [2.05, 4.69) is 4.57 Å². The Hall–Kier alpha value is -4.32. The van der Waals surface area contributed by atoms with Crippen LogP contribution in [-0.2, 0) is 4.79 Å². The Balaban J connectivity index is 1.56. The van der Waals surface area contributed by atoms with E-state index in [4.69, 9.17) is 4.74 Å². The van der Waals surface area contributed by atoms with E-state index in [0.29, 0.717) is 5.56 Å². The predicted octanol–water partition coefficient (Wildman–Crippen LogP) is 5.78. The van der Waals surface area contributed by atoms with Crippen LogP contribution in [0.5, 0.6) is 5.75 Å². The maximum atomic E-state index is 14.2. The van der Waals surface area contributed by atoms with Crippen LogP contribution in [0.15, 0.2) is 91.1 Å². The molecular weight excluding hydrogens is 462 g/mol. The highest BCUT2D eigenvalue weighted by atomic mass is 16.5. The third-order valence-electron chi connectivity index (χ3n) is 6.91. The summed E-state index contributed by atoms with van der Waals surface area (Å²) in [5.74, 6) is 0.454. The second-order valence-electron chi connectivity index (χ2n) is 9.62. The van der Waals surface area contributed by atoms with Crippen molar-refractivity contribution in [3.63, 3.8) is 0 Å². The maximum absolute atomic E-state index is 14.2. The molecule has 1 aromatic heterocycles. The molecule has 2 heterocycles. The van der Waals surface area contributed by atoms with Crippen LogP contribution in [0.25, 0.3) is 5.69 Å². The number of aryl methyl sites for hydroxylation is 1. The molecule has 2 amide bonds. The Morgan fingerprint density at radius 2 is 1.57 bits per heavy atom. The van der Waals surface area contributed by atoms with Crippen molar-refractivity contribution in [2.24, 2.45) is 0 Å². The maximum Gasteiger partial charge on any atom is 0.254 e. The first-order valence-corrected chi connectivity index (χ1v) is 12.5. The van der Waals surface area contributed by atoms with Gasteiger partial charge in [0.1, 0.15) is 18.3 Å². The number of fused-ring (bicyclic) bond motifs is 3. The zero-order chi connectivity index (χ0) is 26.1. The molecule has 37 heavy (non-hydrogen) atoms. The SMILES string of the molecule is COc1ccc(C2c3cccn3-c3ccccc3N2C(=O)CN(C(=O)c2ccc(C)cc2)C(C)C)cc1. The number of hydrogen-bond acceptors (Lipinski definition) is 3. The Labute approximate surface area is 217 Å². The minimum absolute atomic E-state index is 0.0356. The van der Waals surface area contributed by atoms with Crippen molar-refractivity contribution in [2.45, 2.75) is 32.9 Å². The summed E-state index contributed by atoms with van der Waals surface area (Å²) in [7, 11) is 1.64. The molecule has 0 spiro atoms. The summed E-state index contributed by atoms with van der Waals surface area (Å²) in [4.78, 5) is 31.2. The molecule has 0 aliphatic carbocycles. The summed E-state index contributed by atoms with van der Waals surface area (Å²) in [5.41, 5.74) is 5.35. The van der Waals surface area contributed by atoms with Gasteiger partial charge in [0.05, 0.1) is 24.2 Å². The van der Waals surface area contributed by atoms with E-state index in [1.165, 1.54) is 0 Å². The minimum atomic E-state index is -0.355. The van der Waals surface area contributed by atoms with Crippen LogP contribution in [0.3, 0.4) is 0 Å². The average molecular weight is 494 g/mol. The van der Waals surface area contributed by atoms with Gasteiger partial charge in [-0.3, -0.25) is 14.5 Å². The standard InChI is InChI=1S/C31H31N3O3/c1-21(2)33(31(36)24-13-11-22(3)12-14-24)20-29(35)34-27-9-6-5-8-26(27)32-19-7-10-28(32)30(34)23-15-17-25(37-4)18-16-23/h5-19,21,30H,20H2,1-4H3. The number of hydrogen-bond donors (Lipinski definition) is 0. The molecule has 4 aromatic rings. The van der Waals surface area contributed by atoms with Crippen molar-refractivity contribution < 1.29 is 14.3 Å². The topological polar surface area (TPSA) is 54.8 Å². The summed E-state index contributed by atoms with van der Waals surface area (Å²) < 4.78 is 7.50. The fourth-order valence-electron chi connectivity index (χ4n) is 4.94. The van der Waals surface area contributed by atoms with Crippen LogP contribution in [0.1, 0.15) is 47.1 Å². The number of methoxy groups -OCH3 is 1. The van der Waals surface area contributed by atoms with Gasteiger partial charge in [-0.05, 0) is 74.9 Å². The van der Waals surface area contributed by atoms with Crippen LogP contribution in [-0.4, -0.2) is 41.0 Å². The van der Waals surface area contributed by atoms with E-state index in [-0.39, 0.29) is 30.4 Å². The molecular formula is C31H31N3O3. The molecule has 0 N–H and O–H groups in total. The summed E-state index contributed by atoms with van der Waals surface area (Å²) in [6.45, 7) is 5.83. The van der Waals surface area contributed by atoms with Gasteiger partial charge in [-0.25, -0.2) is 0 Å². The van der Waals surface area contributed by atoms with Gasteiger partial charge < -0.3 is 14.2 Å². The highest BCUT2D eigenvalue weighted by Crippen LogP contribution is 2.42. The minimum Gasteiger partial charge on any atom is -0.497 e. The molecule has 1 aliphatic rings. The van der Waals surface area contributed by atoms with Crippen molar-refractivity contribution in [1.82, 2.24) is 9.47 Å². The molecule has 0 radical (unpaired) electrons. The molecule has 0 bridgehead atoms. The van der Waals surface area contributed by atoms with Gasteiger partial charge in [-0.15, -0.1) is 0 Å². The van der Waals surface area contributed by atoms with Gasteiger partial charge in [0.25, 0.3) is 5.91 Å². The number of aromatic nitrogens is 1. The fraction of sp³-hybridized carbons (Fsp3) is 0.226. The van der Waals surface area contributed by atoms with E-state index in [0.717, 1.165) is 33.9 Å². The van der Waals surface area contributed by atoms with Gasteiger partial charge in [0, 0.05) is 17.8 Å². The van der Waals surface area contributed by atoms with Crippen LogP contribution in [0.4, 0.5) is 5.69 Å². The normalized spacial score (nSPS) is 14.2. The molecule has 188 valence electrons. The summed E-state index contributed by atoms with van der Waals surface area (Å²) in [6, 6.07) is 26.7. The first-order valence-electron chi connectivity index (χ1n) is 12.5. The van der Waals surface area contributed by atoms with E-state index in [9.17, 15) is 9.59 Å². The lowest BCUT2D eigenvalue weighted by Gasteiger charge is -2.40. The van der Waals surface area contributed by atoms with Crippen LogP contribution in [0.2, 0.25) is 0 Å². The number of para-hydroxylation sites is 2. The number of benzene rings is 3. The number of ether oxygens (including phenoxy) is 1. The number of anilines is 1. The second-order valence-corrected chi connectivity index (χ2v) is 9.62. The van der Waals surface area contributed by atoms with Crippen LogP contribution < -0.4 is 9.64 Å². The van der Waals surface area contributed by atoms with Crippen molar-refractivity contribution in [3.8, 4) is 11.4 Å². The molecule has 0 fully saturated rings. The number of carbonyl (C=O) groups excluding carboxylic acids is 2. The summed E-state index contributed by atoms with van der Waals surface area (Å²) in [6.07, 6.45) is 2.02. The molecule has 6 nitrogen and oxygen atoms in total. The van der Waals surface area contributed by atoms with Gasteiger partial charge >= 0.3 is 0 Å². The first-order chi connectivity index (χ1) is 17.9. The van der Waals surface area contributed by atoms with E-state index < -0.39 is 0 Å². The van der Waals surface area contributed by atoms with E-state index >= 15 is 0 Å². The number of rotatable bonds is 6. The fourth-order valence-corrected chi connectivity index (χ4v) is 4.94. The van der Waals surface area contributed by atoms with E-state index in [1.807, 2.05) is 117 Å². The molecule has 5 rings (SSSR count). The van der Waals surface area contributed by atoms with Crippen molar-refractivity contribution in [2.75, 3.05) is 18.6 Å². The van der Waals surface area contributed by atoms with Crippen molar-refractivity contribution >= 4 is 17.5 Å². The zero-order valence-electron chi connectivity index (χ0n) is 21.6. The monoisotopic (exact) mass is 493 g/mol. The third-order valence-corrected chi connectivity index (χ3v) is 6.91. The van der Waals surface area contributed by atoms with Crippen molar-refractivity contribution in [3.05, 3.63) is 114 Å². The average Bonchev–Trinajstić information content (AvgIpc) is 3.41. The Morgan fingerprint density at radius 1 is 0.892 bits per heavy atom. The Morgan fingerprint density at radius 3 is 2.22 bits per heavy atom. The molecule has 0 saturated carbocycles. The smallest absolute Gasteiger partial charge is 0.254 e. The highest BCUT2D eigenvalue weighted by molar-refractivity contribution is 6.02. The highest BCUT2D eigenvalue weighted by Gasteiger charge is 2.37. The Bertz CT molecular complexity index is 1420. The van der Waals surface area contributed by atoms with Gasteiger partial charge in [0.2, 0.25) is 5.91 Å². The molecule has 3 aromatic carbocycles. The second kappa shape index (κ2) is 9.97. The van der Waals surface area contributed by atoms with Gasteiger partial charge in [-0.1, -0.05) is 42.0 Å².